The van der Waals surface area contributed by atoms with E-state index in [1.807, 2.05) is 20.8 Å². The van der Waals surface area contributed by atoms with Gasteiger partial charge in [-0.15, -0.1) is 0 Å². The Bertz CT molecular complexity index is 580. The van der Waals surface area contributed by atoms with Crippen LogP contribution in [-0.4, -0.2) is 26.8 Å². The van der Waals surface area contributed by atoms with Crippen molar-refractivity contribution in [3.8, 4) is 0 Å². The van der Waals surface area contributed by atoms with Crippen LogP contribution in [0, 0.1) is 5.41 Å². The van der Waals surface area contributed by atoms with Gasteiger partial charge >= 0.3 is 0 Å². The second kappa shape index (κ2) is 7.32. The molecule has 0 heterocycles. The lowest BCUT2D eigenvalue weighted by molar-refractivity contribution is 0.288. The van der Waals surface area contributed by atoms with E-state index in [1.54, 1.807) is 6.07 Å². The van der Waals surface area contributed by atoms with E-state index in [9.17, 15) is 8.42 Å². The highest BCUT2D eigenvalue weighted by Gasteiger charge is 2.31. The summed E-state index contributed by atoms with van der Waals surface area (Å²) in [6, 6.07) is 4.36. The van der Waals surface area contributed by atoms with Crippen molar-refractivity contribution in [2.75, 3.05) is 12.3 Å². The van der Waals surface area contributed by atoms with Crippen molar-refractivity contribution in [2.24, 2.45) is 5.41 Å². The predicted octanol–water partition coefficient (Wildman–Crippen LogP) is 4.18. The van der Waals surface area contributed by atoms with Gasteiger partial charge in [-0.05, 0) is 36.6 Å². The molecule has 1 aromatic rings. The maximum atomic E-state index is 12.6. The van der Waals surface area contributed by atoms with E-state index in [4.69, 9.17) is 23.2 Å². The van der Waals surface area contributed by atoms with E-state index >= 15 is 0 Å². The summed E-state index contributed by atoms with van der Waals surface area (Å²) in [5.41, 5.74) is -0.173. The molecular formula is C15H23Cl2NO2S. The average molecular weight is 352 g/mol. The zero-order valence-electron chi connectivity index (χ0n) is 12.9. The Morgan fingerprint density at radius 2 is 1.86 bits per heavy atom. The van der Waals surface area contributed by atoms with Crippen LogP contribution in [0.2, 0.25) is 10.0 Å². The normalized spacial score (nSPS) is 14.2. The third kappa shape index (κ3) is 5.44. The number of hydrogen-bond acceptors (Lipinski definition) is 3. The Kier molecular flexibility index (Phi) is 6.54. The van der Waals surface area contributed by atoms with Crippen molar-refractivity contribution in [2.45, 2.75) is 45.1 Å². The summed E-state index contributed by atoms with van der Waals surface area (Å²) in [6.07, 6.45) is 0.949. The van der Waals surface area contributed by atoms with E-state index in [0.29, 0.717) is 5.02 Å². The summed E-state index contributed by atoms with van der Waals surface area (Å²) in [7, 11) is -3.51. The molecule has 0 radical (unpaired) electrons. The van der Waals surface area contributed by atoms with Gasteiger partial charge in [0.2, 0.25) is 0 Å². The van der Waals surface area contributed by atoms with Crippen LogP contribution >= 0.6 is 23.2 Å². The zero-order valence-corrected chi connectivity index (χ0v) is 15.2. The second-order valence-corrected chi connectivity index (χ2v) is 9.08. The Morgan fingerprint density at radius 3 is 2.38 bits per heavy atom. The minimum atomic E-state index is -3.51. The SMILES string of the molecule is CCCNC(CS(=O)(=O)c1cc(Cl)ccc1Cl)C(C)(C)C. The third-order valence-corrected chi connectivity index (χ3v) is 5.76. The lowest BCUT2D eigenvalue weighted by Gasteiger charge is -2.31. The summed E-state index contributed by atoms with van der Waals surface area (Å²) in [4.78, 5) is 0.101. The number of halogens is 2. The first-order chi connectivity index (χ1) is 9.58. The molecular weight excluding hydrogens is 329 g/mol. The fourth-order valence-corrected chi connectivity index (χ4v) is 4.57. The molecule has 0 spiro atoms. The molecule has 1 unspecified atom stereocenters. The second-order valence-electron chi connectivity index (χ2n) is 6.23. The Labute approximate surface area is 137 Å². The first-order valence-electron chi connectivity index (χ1n) is 6.99. The summed E-state index contributed by atoms with van der Waals surface area (Å²) >= 11 is 11.9. The Hall–Kier alpha value is -0.290. The number of hydrogen-bond donors (Lipinski definition) is 1. The molecule has 1 aromatic carbocycles. The van der Waals surface area contributed by atoms with E-state index in [2.05, 4.69) is 12.2 Å². The molecule has 1 atom stereocenters. The van der Waals surface area contributed by atoms with Crippen molar-refractivity contribution in [1.82, 2.24) is 5.32 Å². The highest BCUT2D eigenvalue weighted by Crippen LogP contribution is 2.29. The maximum Gasteiger partial charge on any atom is 0.181 e. The van der Waals surface area contributed by atoms with Gasteiger partial charge in [0.05, 0.1) is 15.7 Å². The van der Waals surface area contributed by atoms with Crippen LogP contribution in [0.1, 0.15) is 34.1 Å². The molecule has 0 aliphatic rings. The molecule has 0 aliphatic carbocycles. The van der Waals surface area contributed by atoms with Crippen molar-refractivity contribution in [1.29, 1.82) is 0 Å². The lowest BCUT2D eigenvalue weighted by Crippen LogP contribution is -2.45. The van der Waals surface area contributed by atoms with Gasteiger partial charge in [-0.3, -0.25) is 0 Å². The van der Waals surface area contributed by atoms with Crippen molar-refractivity contribution >= 4 is 33.0 Å². The van der Waals surface area contributed by atoms with Crippen LogP contribution in [0.15, 0.2) is 23.1 Å². The molecule has 0 bridgehead atoms. The molecule has 0 aliphatic heterocycles. The van der Waals surface area contributed by atoms with Gasteiger partial charge in [0, 0.05) is 11.1 Å². The van der Waals surface area contributed by atoms with Crippen LogP contribution in [0.25, 0.3) is 0 Å². The van der Waals surface area contributed by atoms with Gasteiger partial charge in [0.1, 0.15) is 0 Å². The van der Waals surface area contributed by atoms with E-state index in [-0.39, 0.29) is 27.1 Å². The van der Waals surface area contributed by atoms with Gasteiger partial charge in [0.25, 0.3) is 0 Å². The number of benzene rings is 1. The number of sulfone groups is 1. The third-order valence-electron chi connectivity index (χ3n) is 3.30. The zero-order chi connectivity index (χ0) is 16.3. The van der Waals surface area contributed by atoms with Gasteiger partial charge in [-0.1, -0.05) is 50.9 Å². The molecule has 0 saturated carbocycles. The van der Waals surface area contributed by atoms with E-state index < -0.39 is 9.84 Å². The molecule has 0 aromatic heterocycles. The molecule has 0 saturated heterocycles. The lowest BCUT2D eigenvalue weighted by atomic mass is 9.88. The molecule has 3 nitrogen and oxygen atoms in total. The molecule has 21 heavy (non-hydrogen) atoms. The average Bonchev–Trinajstić information content (AvgIpc) is 2.36. The molecule has 1 N–H and O–H groups in total. The molecule has 120 valence electrons. The van der Waals surface area contributed by atoms with Crippen LogP contribution in [0.3, 0.4) is 0 Å². The quantitative estimate of drug-likeness (QED) is 0.835. The number of rotatable bonds is 6. The highest BCUT2D eigenvalue weighted by molar-refractivity contribution is 7.91. The Balaban J connectivity index is 3.08. The fraction of sp³-hybridized carbons (Fsp3) is 0.600. The molecule has 1 rings (SSSR count). The summed E-state index contributed by atoms with van der Waals surface area (Å²) in [5, 5.41) is 3.89. The largest absolute Gasteiger partial charge is 0.312 e. The van der Waals surface area contributed by atoms with Crippen LogP contribution < -0.4 is 5.32 Å². The van der Waals surface area contributed by atoms with Crippen LogP contribution in [0.5, 0.6) is 0 Å². The standard InChI is InChI=1S/C15H23Cl2NO2S/c1-5-8-18-14(15(2,3)4)10-21(19,20)13-9-11(16)6-7-12(13)17/h6-7,9,14,18H,5,8,10H2,1-4H3. The van der Waals surface area contributed by atoms with Crippen LogP contribution in [-0.2, 0) is 9.84 Å². The topological polar surface area (TPSA) is 46.2 Å². The summed E-state index contributed by atoms with van der Waals surface area (Å²) in [6.45, 7) is 8.90. The first kappa shape index (κ1) is 18.8. The van der Waals surface area contributed by atoms with Crippen LogP contribution in [0.4, 0.5) is 0 Å². The Morgan fingerprint density at radius 1 is 1.24 bits per heavy atom. The van der Waals surface area contributed by atoms with Gasteiger partial charge in [-0.25, -0.2) is 8.42 Å². The number of nitrogens with one attached hydrogen (secondary N) is 1. The van der Waals surface area contributed by atoms with E-state index in [1.165, 1.54) is 12.1 Å². The highest BCUT2D eigenvalue weighted by atomic mass is 35.5. The van der Waals surface area contributed by atoms with Crippen molar-refractivity contribution in [3.05, 3.63) is 28.2 Å². The minimum absolute atomic E-state index is 0.00341. The first-order valence-corrected chi connectivity index (χ1v) is 9.40. The smallest absolute Gasteiger partial charge is 0.181 e. The molecule has 6 heteroatoms. The van der Waals surface area contributed by atoms with Gasteiger partial charge < -0.3 is 5.32 Å². The van der Waals surface area contributed by atoms with Gasteiger partial charge in [0.15, 0.2) is 9.84 Å². The molecule has 0 amide bonds. The molecule has 0 fully saturated rings. The van der Waals surface area contributed by atoms with Crippen molar-refractivity contribution in [3.63, 3.8) is 0 Å². The van der Waals surface area contributed by atoms with Crippen molar-refractivity contribution < 1.29 is 8.42 Å². The maximum absolute atomic E-state index is 12.6. The summed E-state index contributed by atoms with van der Waals surface area (Å²) < 4.78 is 25.3. The monoisotopic (exact) mass is 351 g/mol. The predicted molar refractivity (Wildman–Crippen MR) is 90.1 cm³/mol. The minimum Gasteiger partial charge on any atom is -0.312 e. The van der Waals surface area contributed by atoms with E-state index in [0.717, 1.165) is 13.0 Å². The summed E-state index contributed by atoms with van der Waals surface area (Å²) in [5.74, 6) is -0.00341. The van der Waals surface area contributed by atoms with Gasteiger partial charge in [-0.2, -0.15) is 0 Å². The fourth-order valence-electron chi connectivity index (χ4n) is 1.96.